The molecule has 0 fully saturated rings. The zero-order valence-electron chi connectivity index (χ0n) is 15.5. The van der Waals surface area contributed by atoms with Crippen molar-refractivity contribution in [3.8, 4) is 0 Å². The Balaban J connectivity index is 3.98. The average molecular weight is 316 g/mol. The molecule has 0 aliphatic rings. The zero-order valence-corrected chi connectivity index (χ0v) is 15.5. The Morgan fingerprint density at radius 3 is 2.36 bits per heavy atom. The molecule has 0 radical (unpaired) electrons. The van der Waals surface area contributed by atoms with Crippen molar-refractivity contribution in [3.05, 3.63) is 0 Å². The van der Waals surface area contributed by atoms with Crippen molar-refractivity contribution < 1.29 is 9.47 Å². The third-order valence-electron chi connectivity index (χ3n) is 3.60. The molecule has 0 bridgehead atoms. The summed E-state index contributed by atoms with van der Waals surface area (Å²) in [5.41, 5.74) is 0.0994. The third-order valence-corrected chi connectivity index (χ3v) is 3.60. The van der Waals surface area contributed by atoms with E-state index in [4.69, 9.17) is 9.47 Å². The Hall–Kier alpha value is -0.850. The van der Waals surface area contributed by atoms with E-state index in [0.717, 1.165) is 45.2 Å². The van der Waals surface area contributed by atoms with Gasteiger partial charge in [-0.15, -0.1) is 0 Å². The van der Waals surface area contributed by atoms with E-state index in [9.17, 15) is 0 Å². The summed E-state index contributed by atoms with van der Waals surface area (Å²) in [7, 11) is 7.40. The van der Waals surface area contributed by atoms with Crippen LogP contribution in [0.4, 0.5) is 0 Å². The fourth-order valence-electron chi connectivity index (χ4n) is 2.11. The molecule has 22 heavy (non-hydrogen) atoms. The van der Waals surface area contributed by atoms with Crippen molar-refractivity contribution >= 4 is 5.96 Å². The molecule has 2 N–H and O–H groups in total. The molecular weight excluding hydrogens is 280 g/mol. The van der Waals surface area contributed by atoms with Gasteiger partial charge in [0, 0.05) is 54.1 Å². The molecule has 0 spiro atoms. The Kier molecular flexibility index (Phi) is 11.2. The standard InChI is InChI=1S/C16H36N4O2/c1-16(2,3)14(22-7)13-19-15(17-4)18-9-11-20(5)10-8-12-21-6/h14H,8-13H2,1-7H3,(H2,17,18,19). The summed E-state index contributed by atoms with van der Waals surface area (Å²) in [6.45, 7) is 10.9. The predicted molar refractivity (Wildman–Crippen MR) is 93.6 cm³/mol. The van der Waals surface area contributed by atoms with Gasteiger partial charge in [-0.05, 0) is 18.9 Å². The number of aliphatic imine (C=N–C) groups is 1. The highest BCUT2D eigenvalue weighted by molar-refractivity contribution is 5.79. The molecule has 0 aromatic rings. The molecule has 0 aromatic heterocycles. The van der Waals surface area contributed by atoms with Crippen molar-refractivity contribution in [2.75, 3.05) is 61.1 Å². The first-order valence-corrected chi connectivity index (χ1v) is 8.00. The lowest BCUT2D eigenvalue weighted by Crippen LogP contribution is -2.46. The molecule has 0 aliphatic carbocycles. The van der Waals surface area contributed by atoms with Crippen molar-refractivity contribution in [1.29, 1.82) is 0 Å². The summed E-state index contributed by atoms with van der Waals surface area (Å²) in [5.74, 6) is 0.816. The van der Waals surface area contributed by atoms with Gasteiger partial charge >= 0.3 is 0 Å². The van der Waals surface area contributed by atoms with Crippen LogP contribution in [0.3, 0.4) is 0 Å². The number of guanidine groups is 1. The van der Waals surface area contributed by atoms with Crippen molar-refractivity contribution in [3.63, 3.8) is 0 Å². The quantitative estimate of drug-likeness (QED) is 0.360. The maximum atomic E-state index is 5.54. The van der Waals surface area contributed by atoms with Gasteiger partial charge in [0.05, 0.1) is 6.10 Å². The highest BCUT2D eigenvalue weighted by Gasteiger charge is 2.24. The first-order valence-electron chi connectivity index (χ1n) is 8.00. The van der Waals surface area contributed by atoms with Crippen LogP contribution in [0.5, 0.6) is 0 Å². The number of nitrogens with one attached hydrogen (secondary N) is 2. The van der Waals surface area contributed by atoms with Crippen LogP contribution in [0, 0.1) is 5.41 Å². The molecule has 6 heteroatoms. The van der Waals surface area contributed by atoms with E-state index in [-0.39, 0.29) is 11.5 Å². The van der Waals surface area contributed by atoms with Gasteiger partial charge in [0.2, 0.25) is 0 Å². The maximum Gasteiger partial charge on any atom is 0.191 e. The highest BCUT2D eigenvalue weighted by Crippen LogP contribution is 2.20. The van der Waals surface area contributed by atoms with Crippen LogP contribution in [0.25, 0.3) is 0 Å². The molecule has 1 atom stereocenters. The fraction of sp³-hybridized carbons (Fsp3) is 0.938. The van der Waals surface area contributed by atoms with Crippen LogP contribution in [0.2, 0.25) is 0 Å². The number of hydrogen-bond donors (Lipinski definition) is 2. The molecule has 0 aromatic carbocycles. The second kappa shape index (κ2) is 11.7. The largest absolute Gasteiger partial charge is 0.385 e. The van der Waals surface area contributed by atoms with Gasteiger partial charge in [-0.25, -0.2) is 0 Å². The van der Waals surface area contributed by atoms with Crippen LogP contribution < -0.4 is 10.6 Å². The molecule has 1 unspecified atom stereocenters. The molecule has 0 aliphatic heterocycles. The zero-order chi connectivity index (χ0) is 17.0. The van der Waals surface area contributed by atoms with Gasteiger partial charge in [-0.3, -0.25) is 4.99 Å². The van der Waals surface area contributed by atoms with Gasteiger partial charge in [-0.1, -0.05) is 20.8 Å². The molecule has 0 saturated heterocycles. The third kappa shape index (κ3) is 9.97. The van der Waals surface area contributed by atoms with E-state index < -0.39 is 0 Å². The van der Waals surface area contributed by atoms with Gasteiger partial charge in [0.25, 0.3) is 0 Å². The second-order valence-electron chi connectivity index (χ2n) is 6.62. The lowest BCUT2D eigenvalue weighted by molar-refractivity contribution is 0.0205. The molecule has 0 saturated carbocycles. The molecule has 6 nitrogen and oxygen atoms in total. The highest BCUT2D eigenvalue weighted by atomic mass is 16.5. The summed E-state index contributed by atoms with van der Waals surface area (Å²) in [6.07, 6.45) is 1.20. The molecule has 132 valence electrons. The number of methoxy groups -OCH3 is 2. The van der Waals surface area contributed by atoms with Crippen LogP contribution in [0.15, 0.2) is 4.99 Å². The van der Waals surface area contributed by atoms with Crippen LogP contribution in [-0.4, -0.2) is 78.1 Å². The Morgan fingerprint density at radius 2 is 1.86 bits per heavy atom. The molecule has 0 heterocycles. The number of rotatable bonds is 10. The van der Waals surface area contributed by atoms with Gasteiger partial charge in [-0.2, -0.15) is 0 Å². The second-order valence-corrected chi connectivity index (χ2v) is 6.62. The normalized spacial score (nSPS) is 14.3. The first-order chi connectivity index (χ1) is 10.3. The Bertz CT molecular complexity index is 303. The Labute approximate surface area is 136 Å². The van der Waals surface area contributed by atoms with Crippen molar-refractivity contribution in [1.82, 2.24) is 15.5 Å². The SMILES string of the molecule is CN=C(NCCN(C)CCCOC)NCC(OC)C(C)(C)C. The molecule has 0 rings (SSSR count). The van der Waals surface area contributed by atoms with Gasteiger partial charge in [0.15, 0.2) is 5.96 Å². The van der Waals surface area contributed by atoms with Crippen LogP contribution >= 0.6 is 0 Å². The summed E-state index contributed by atoms with van der Waals surface area (Å²) in [4.78, 5) is 6.53. The van der Waals surface area contributed by atoms with Crippen molar-refractivity contribution in [2.24, 2.45) is 10.4 Å². The summed E-state index contributed by atoms with van der Waals surface area (Å²) in [6, 6.07) is 0. The molecular formula is C16H36N4O2. The van der Waals surface area contributed by atoms with Crippen molar-refractivity contribution in [2.45, 2.75) is 33.3 Å². The maximum absolute atomic E-state index is 5.54. The summed E-state index contributed by atoms with van der Waals surface area (Å²) < 4.78 is 10.6. The summed E-state index contributed by atoms with van der Waals surface area (Å²) >= 11 is 0. The van der Waals surface area contributed by atoms with E-state index in [1.54, 1.807) is 21.3 Å². The monoisotopic (exact) mass is 316 g/mol. The van der Waals surface area contributed by atoms with E-state index in [1.165, 1.54) is 0 Å². The minimum absolute atomic E-state index is 0.0994. The lowest BCUT2D eigenvalue weighted by Gasteiger charge is -2.30. The predicted octanol–water partition coefficient (Wildman–Crippen LogP) is 1.18. The Morgan fingerprint density at radius 1 is 1.18 bits per heavy atom. The van der Waals surface area contributed by atoms with Gasteiger partial charge < -0.3 is 25.0 Å². The number of likely N-dealkylation sites (N-methyl/N-ethyl adjacent to an activating group) is 1. The van der Waals surface area contributed by atoms with E-state index >= 15 is 0 Å². The summed E-state index contributed by atoms with van der Waals surface area (Å²) in [5, 5.41) is 6.66. The van der Waals surface area contributed by atoms with E-state index in [0.29, 0.717) is 0 Å². The first kappa shape index (κ1) is 21.1. The lowest BCUT2D eigenvalue weighted by atomic mass is 9.89. The number of ether oxygens (including phenoxy) is 2. The average Bonchev–Trinajstić information content (AvgIpc) is 2.44. The fourth-order valence-corrected chi connectivity index (χ4v) is 2.11. The topological polar surface area (TPSA) is 58.1 Å². The van der Waals surface area contributed by atoms with E-state index in [2.05, 4.69) is 48.3 Å². The number of nitrogens with zero attached hydrogens (tertiary/aromatic N) is 2. The van der Waals surface area contributed by atoms with Gasteiger partial charge in [0.1, 0.15) is 0 Å². The van der Waals surface area contributed by atoms with Crippen LogP contribution in [-0.2, 0) is 9.47 Å². The minimum atomic E-state index is 0.0994. The minimum Gasteiger partial charge on any atom is -0.385 e. The molecule has 0 amide bonds. The van der Waals surface area contributed by atoms with Crippen LogP contribution in [0.1, 0.15) is 27.2 Å². The van der Waals surface area contributed by atoms with E-state index in [1.807, 2.05) is 0 Å². The smallest absolute Gasteiger partial charge is 0.191 e. The number of hydrogen-bond acceptors (Lipinski definition) is 4.